The molecule has 0 aliphatic rings. The number of aryl methyl sites for hydroxylation is 1. The molecule has 0 saturated carbocycles. The molecule has 2 atom stereocenters. The van der Waals surface area contributed by atoms with E-state index in [-0.39, 0.29) is 12.1 Å². The summed E-state index contributed by atoms with van der Waals surface area (Å²) in [6, 6.07) is 3.97. The molecule has 5 heteroatoms. The smallest absolute Gasteiger partial charge is 0.122 e. The molecule has 2 aromatic rings. The van der Waals surface area contributed by atoms with Crippen molar-refractivity contribution in [2.45, 2.75) is 32.5 Å². The maximum Gasteiger partial charge on any atom is 0.122 e. The molecule has 18 heavy (non-hydrogen) atoms. The van der Waals surface area contributed by atoms with Crippen molar-refractivity contribution >= 4 is 11.3 Å². The Morgan fingerprint density at radius 1 is 1.56 bits per heavy atom. The third-order valence-corrected chi connectivity index (χ3v) is 3.97. The molecular formula is C13H19N3OS. The van der Waals surface area contributed by atoms with Crippen molar-refractivity contribution in [1.82, 2.24) is 9.88 Å². The molecular weight excluding hydrogens is 246 g/mol. The molecule has 2 heterocycles. The van der Waals surface area contributed by atoms with Crippen molar-refractivity contribution in [3.8, 4) is 0 Å². The van der Waals surface area contributed by atoms with Crippen molar-refractivity contribution in [3.05, 3.63) is 40.2 Å². The van der Waals surface area contributed by atoms with Gasteiger partial charge in [0, 0.05) is 17.5 Å². The third-order valence-electron chi connectivity index (χ3n) is 3.05. The minimum absolute atomic E-state index is 0.00868. The second kappa shape index (κ2) is 5.65. The van der Waals surface area contributed by atoms with Gasteiger partial charge in [-0.25, -0.2) is 4.98 Å². The van der Waals surface area contributed by atoms with Crippen molar-refractivity contribution in [2.75, 3.05) is 7.05 Å². The van der Waals surface area contributed by atoms with E-state index >= 15 is 0 Å². The summed E-state index contributed by atoms with van der Waals surface area (Å²) in [5.74, 6) is 0.912. The molecule has 2 unspecified atom stereocenters. The Morgan fingerprint density at radius 2 is 2.33 bits per heavy atom. The van der Waals surface area contributed by atoms with Crippen LogP contribution in [0.15, 0.2) is 28.3 Å². The Balaban J connectivity index is 2.14. The number of aromatic nitrogens is 1. The zero-order chi connectivity index (χ0) is 13.1. The molecule has 0 radical (unpaired) electrons. The first-order chi connectivity index (χ1) is 8.59. The van der Waals surface area contributed by atoms with E-state index in [2.05, 4.69) is 16.9 Å². The molecule has 2 aromatic heterocycles. The molecule has 0 aliphatic carbocycles. The highest BCUT2D eigenvalue weighted by molar-refractivity contribution is 7.09. The summed E-state index contributed by atoms with van der Waals surface area (Å²) in [4.78, 5) is 7.76. The minimum Gasteiger partial charge on any atom is -0.468 e. The summed E-state index contributed by atoms with van der Waals surface area (Å²) < 4.78 is 5.49. The monoisotopic (exact) mass is 265 g/mol. The van der Waals surface area contributed by atoms with E-state index in [4.69, 9.17) is 10.2 Å². The highest BCUT2D eigenvalue weighted by Gasteiger charge is 2.24. The quantitative estimate of drug-likeness (QED) is 0.902. The largest absolute Gasteiger partial charge is 0.468 e. The molecule has 0 fully saturated rings. The van der Waals surface area contributed by atoms with Crippen LogP contribution in [0.4, 0.5) is 0 Å². The average Bonchev–Trinajstić information content (AvgIpc) is 2.92. The second-order valence-corrected chi connectivity index (χ2v) is 5.53. The lowest BCUT2D eigenvalue weighted by atomic mass is 10.1. The fourth-order valence-corrected chi connectivity index (χ4v) is 2.98. The Hall–Kier alpha value is -1.17. The first-order valence-corrected chi connectivity index (χ1v) is 6.85. The first kappa shape index (κ1) is 13.3. The van der Waals surface area contributed by atoms with E-state index < -0.39 is 0 Å². The van der Waals surface area contributed by atoms with E-state index in [0.717, 1.165) is 18.0 Å². The normalized spacial score (nSPS) is 14.9. The average molecular weight is 265 g/mol. The molecule has 0 aliphatic heterocycles. The number of furan rings is 1. The van der Waals surface area contributed by atoms with Crippen LogP contribution in [0.5, 0.6) is 0 Å². The van der Waals surface area contributed by atoms with Crippen molar-refractivity contribution in [2.24, 2.45) is 5.73 Å². The lowest BCUT2D eigenvalue weighted by Crippen LogP contribution is -2.36. The van der Waals surface area contributed by atoms with Crippen LogP contribution in [0.3, 0.4) is 0 Å². The molecule has 0 amide bonds. The van der Waals surface area contributed by atoms with Gasteiger partial charge in [0.15, 0.2) is 0 Å². The molecule has 98 valence electrons. The SMILES string of the molecule is Cc1ncsc1CN(C)C(c1ccco1)C(C)N. The molecule has 0 aromatic carbocycles. The van der Waals surface area contributed by atoms with Gasteiger partial charge in [0.25, 0.3) is 0 Å². The summed E-state index contributed by atoms with van der Waals surface area (Å²) in [7, 11) is 2.07. The number of hydrogen-bond donors (Lipinski definition) is 1. The molecule has 0 spiro atoms. The van der Waals surface area contributed by atoms with Gasteiger partial charge in [-0.3, -0.25) is 4.90 Å². The highest BCUT2D eigenvalue weighted by Crippen LogP contribution is 2.26. The van der Waals surface area contributed by atoms with Gasteiger partial charge in [-0.05, 0) is 33.0 Å². The maximum absolute atomic E-state index is 6.08. The summed E-state index contributed by atoms with van der Waals surface area (Å²) in [5.41, 5.74) is 9.06. The first-order valence-electron chi connectivity index (χ1n) is 5.97. The summed E-state index contributed by atoms with van der Waals surface area (Å²) in [6.07, 6.45) is 1.69. The predicted octanol–water partition coefficient (Wildman–Crippen LogP) is 2.56. The zero-order valence-corrected chi connectivity index (χ0v) is 11.8. The third kappa shape index (κ3) is 2.80. The van der Waals surface area contributed by atoms with Crippen molar-refractivity contribution in [3.63, 3.8) is 0 Å². The molecule has 2 N–H and O–H groups in total. The molecule has 4 nitrogen and oxygen atoms in total. The van der Waals surface area contributed by atoms with Crippen LogP contribution in [0.1, 0.15) is 29.3 Å². The molecule has 0 bridgehead atoms. The topological polar surface area (TPSA) is 55.3 Å². The van der Waals surface area contributed by atoms with Crippen LogP contribution in [0, 0.1) is 6.92 Å². The van der Waals surface area contributed by atoms with Gasteiger partial charge in [-0.2, -0.15) is 0 Å². The van der Waals surface area contributed by atoms with Gasteiger partial charge < -0.3 is 10.2 Å². The standard InChI is InChI=1S/C13H19N3OS/c1-9(14)13(11-5-4-6-17-11)16(3)7-12-10(2)15-8-18-12/h4-6,8-9,13H,7,14H2,1-3H3. The van der Waals surface area contributed by atoms with Crippen LogP contribution in [0.25, 0.3) is 0 Å². The predicted molar refractivity (Wildman–Crippen MR) is 73.4 cm³/mol. The summed E-state index contributed by atoms with van der Waals surface area (Å²) >= 11 is 1.68. The van der Waals surface area contributed by atoms with Gasteiger partial charge in [0.2, 0.25) is 0 Å². The zero-order valence-electron chi connectivity index (χ0n) is 11.0. The lowest BCUT2D eigenvalue weighted by Gasteiger charge is -2.29. The van der Waals surface area contributed by atoms with E-state index in [0.29, 0.717) is 0 Å². The van der Waals surface area contributed by atoms with Gasteiger partial charge in [0.1, 0.15) is 5.76 Å². The number of thiazole rings is 1. The minimum atomic E-state index is 0.00868. The van der Waals surface area contributed by atoms with Crippen LogP contribution in [0.2, 0.25) is 0 Å². The van der Waals surface area contributed by atoms with Crippen LogP contribution in [-0.4, -0.2) is 23.0 Å². The number of hydrogen-bond acceptors (Lipinski definition) is 5. The lowest BCUT2D eigenvalue weighted by molar-refractivity contribution is 0.185. The van der Waals surface area contributed by atoms with E-state index in [1.54, 1.807) is 17.6 Å². The molecule has 2 rings (SSSR count). The fraction of sp³-hybridized carbons (Fsp3) is 0.462. The van der Waals surface area contributed by atoms with Crippen molar-refractivity contribution < 1.29 is 4.42 Å². The Bertz CT molecular complexity index is 478. The van der Waals surface area contributed by atoms with Crippen LogP contribution in [-0.2, 0) is 6.54 Å². The summed E-state index contributed by atoms with van der Waals surface area (Å²) in [6.45, 7) is 4.88. The summed E-state index contributed by atoms with van der Waals surface area (Å²) in [5, 5.41) is 0. The Kier molecular flexibility index (Phi) is 4.16. The number of likely N-dealkylation sites (N-methyl/N-ethyl adjacent to an activating group) is 1. The van der Waals surface area contributed by atoms with Gasteiger partial charge in [-0.15, -0.1) is 11.3 Å². The van der Waals surface area contributed by atoms with E-state index in [1.165, 1.54) is 4.88 Å². The van der Waals surface area contributed by atoms with Gasteiger partial charge in [-0.1, -0.05) is 0 Å². The van der Waals surface area contributed by atoms with E-state index in [1.807, 2.05) is 31.5 Å². The Labute approximate surface area is 111 Å². The number of rotatable bonds is 5. The highest BCUT2D eigenvalue weighted by atomic mass is 32.1. The van der Waals surface area contributed by atoms with Gasteiger partial charge in [0.05, 0.1) is 23.5 Å². The number of nitrogens with zero attached hydrogens (tertiary/aromatic N) is 2. The van der Waals surface area contributed by atoms with Crippen LogP contribution >= 0.6 is 11.3 Å². The van der Waals surface area contributed by atoms with Crippen LogP contribution < -0.4 is 5.73 Å². The van der Waals surface area contributed by atoms with Crippen molar-refractivity contribution in [1.29, 1.82) is 0 Å². The fourth-order valence-electron chi connectivity index (χ4n) is 2.14. The second-order valence-electron chi connectivity index (χ2n) is 4.60. The number of nitrogens with two attached hydrogens (primary N) is 1. The molecule has 0 saturated heterocycles. The van der Waals surface area contributed by atoms with Gasteiger partial charge >= 0.3 is 0 Å². The Morgan fingerprint density at radius 3 is 2.83 bits per heavy atom. The van der Waals surface area contributed by atoms with E-state index in [9.17, 15) is 0 Å². The maximum atomic E-state index is 6.08.